The smallest absolute Gasteiger partial charge is 0.241 e. The Hall–Kier alpha value is -1.54. The van der Waals surface area contributed by atoms with Gasteiger partial charge in [-0.2, -0.15) is 0 Å². The van der Waals surface area contributed by atoms with Crippen molar-refractivity contribution in [2.75, 3.05) is 17.3 Å². The fourth-order valence-electron chi connectivity index (χ4n) is 3.75. The quantitative estimate of drug-likeness (QED) is 0.645. The van der Waals surface area contributed by atoms with Crippen LogP contribution in [0.25, 0.3) is 10.8 Å². The summed E-state index contributed by atoms with van der Waals surface area (Å²) in [7, 11) is 0. The Morgan fingerprint density at radius 3 is 2.33 bits per heavy atom. The molecule has 0 unspecified atom stereocenters. The largest absolute Gasteiger partial charge is 0.311 e. The molecule has 0 aliphatic heterocycles. The van der Waals surface area contributed by atoms with Gasteiger partial charge in [-0.3, -0.25) is 4.79 Å². The van der Waals surface area contributed by atoms with Crippen molar-refractivity contribution < 1.29 is 4.79 Å². The van der Waals surface area contributed by atoms with Gasteiger partial charge in [0, 0.05) is 12.2 Å². The molecule has 3 heteroatoms. The fraction of sp³-hybridized carbons (Fsp3) is 0.476. The normalized spacial score (nSPS) is 16.5. The number of hydrogen-bond donors (Lipinski definition) is 0. The zero-order valence-electron chi connectivity index (χ0n) is 14.2. The second-order valence-corrected chi connectivity index (χ2v) is 7.15. The van der Waals surface area contributed by atoms with Crippen molar-refractivity contribution in [1.82, 2.24) is 0 Å². The Kier molecular flexibility index (Phi) is 6.14. The van der Waals surface area contributed by atoms with Gasteiger partial charge in [-0.25, -0.2) is 0 Å². The summed E-state index contributed by atoms with van der Waals surface area (Å²) in [5.74, 6) is 0.637. The van der Waals surface area contributed by atoms with Crippen molar-refractivity contribution in [2.24, 2.45) is 5.92 Å². The van der Waals surface area contributed by atoms with Crippen molar-refractivity contribution in [3.63, 3.8) is 0 Å². The highest BCUT2D eigenvalue weighted by Gasteiger charge is 2.21. The molecule has 0 atom stereocenters. The van der Waals surface area contributed by atoms with Crippen LogP contribution in [-0.4, -0.2) is 18.3 Å². The van der Waals surface area contributed by atoms with Crippen molar-refractivity contribution in [1.29, 1.82) is 0 Å². The lowest BCUT2D eigenvalue weighted by molar-refractivity contribution is -0.116. The van der Waals surface area contributed by atoms with E-state index >= 15 is 0 Å². The van der Waals surface area contributed by atoms with E-state index in [9.17, 15) is 4.79 Å². The lowest BCUT2D eigenvalue weighted by Crippen LogP contribution is -2.36. The Morgan fingerprint density at radius 1 is 0.958 bits per heavy atom. The van der Waals surface area contributed by atoms with Crippen LogP contribution in [0.15, 0.2) is 42.5 Å². The molecule has 0 aromatic heterocycles. The average Bonchev–Trinajstić information content (AvgIpc) is 2.60. The number of benzene rings is 2. The number of carbonyl (C=O) groups excluding carboxylic acids is 1. The van der Waals surface area contributed by atoms with Gasteiger partial charge in [0.15, 0.2) is 0 Å². The molecule has 0 N–H and O–H groups in total. The number of amides is 1. The van der Waals surface area contributed by atoms with E-state index in [1.807, 2.05) is 17.0 Å². The van der Waals surface area contributed by atoms with Crippen molar-refractivity contribution in [3.05, 3.63) is 42.5 Å². The van der Waals surface area contributed by atoms with Crippen LogP contribution in [-0.2, 0) is 4.79 Å². The summed E-state index contributed by atoms with van der Waals surface area (Å²) < 4.78 is 0. The van der Waals surface area contributed by atoms with Crippen LogP contribution in [0.1, 0.15) is 44.9 Å². The number of hydrogen-bond acceptors (Lipinski definition) is 1. The van der Waals surface area contributed by atoms with Gasteiger partial charge in [0.2, 0.25) is 5.91 Å². The number of carbonyl (C=O) groups is 1. The van der Waals surface area contributed by atoms with Crippen LogP contribution in [0.2, 0.25) is 0 Å². The molecule has 2 aromatic carbocycles. The van der Waals surface area contributed by atoms with Crippen molar-refractivity contribution in [3.8, 4) is 0 Å². The van der Waals surface area contributed by atoms with E-state index in [4.69, 9.17) is 11.6 Å². The molecule has 0 saturated heterocycles. The summed E-state index contributed by atoms with van der Waals surface area (Å²) in [5, 5.41) is 2.37. The zero-order valence-corrected chi connectivity index (χ0v) is 15.0. The maximum atomic E-state index is 12.5. The molecular formula is C21H26ClNO. The Balaban J connectivity index is 1.82. The molecule has 1 saturated carbocycles. The summed E-state index contributed by atoms with van der Waals surface area (Å²) in [6.45, 7) is 0.796. The van der Waals surface area contributed by atoms with Gasteiger partial charge < -0.3 is 4.90 Å². The Labute approximate surface area is 149 Å². The molecular weight excluding hydrogens is 318 g/mol. The van der Waals surface area contributed by atoms with Gasteiger partial charge >= 0.3 is 0 Å². The molecule has 3 rings (SSSR count). The molecule has 1 fully saturated rings. The third-order valence-corrected chi connectivity index (χ3v) is 5.35. The average molecular weight is 344 g/mol. The van der Waals surface area contributed by atoms with Crippen LogP contribution in [0.4, 0.5) is 5.69 Å². The molecule has 0 spiro atoms. The molecule has 1 amide bonds. The lowest BCUT2D eigenvalue weighted by Gasteiger charge is -2.28. The standard InChI is InChI=1S/C21H26ClNO/c22-15-21(24)23(16-17-8-4-2-1-3-5-9-17)20-13-12-18-10-6-7-11-19(18)14-20/h6-7,10-14,17H,1-5,8-9,15-16H2. The maximum Gasteiger partial charge on any atom is 0.241 e. The Bertz CT molecular complexity index is 676. The summed E-state index contributed by atoms with van der Waals surface area (Å²) in [6, 6.07) is 14.5. The molecule has 2 nitrogen and oxygen atoms in total. The highest BCUT2D eigenvalue weighted by Crippen LogP contribution is 2.27. The number of fused-ring (bicyclic) bond motifs is 1. The van der Waals surface area contributed by atoms with Crippen LogP contribution in [0.3, 0.4) is 0 Å². The number of alkyl halides is 1. The van der Waals surface area contributed by atoms with Gasteiger partial charge in [0.25, 0.3) is 0 Å². The van der Waals surface area contributed by atoms with Crippen molar-refractivity contribution >= 4 is 34.0 Å². The van der Waals surface area contributed by atoms with E-state index in [-0.39, 0.29) is 11.8 Å². The van der Waals surface area contributed by atoms with E-state index in [0.717, 1.165) is 12.2 Å². The van der Waals surface area contributed by atoms with Gasteiger partial charge in [0.05, 0.1) is 0 Å². The molecule has 2 aromatic rings. The van der Waals surface area contributed by atoms with Crippen LogP contribution in [0, 0.1) is 5.92 Å². The van der Waals surface area contributed by atoms with Gasteiger partial charge in [0.1, 0.15) is 5.88 Å². The van der Waals surface area contributed by atoms with E-state index in [1.54, 1.807) is 0 Å². The van der Waals surface area contributed by atoms with Crippen LogP contribution >= 0.6 is 11.6 Å². The molecule has 1 aliphatic carbocycles. The van der Waals surface area contributed by atoms with E-state index in [1.165, 1.54) is 55.7 Å². The number of anilines is 1. The molecule has 128 valence electrons. The van der Waals surface area contributed by atoms with E-state index in [2.05, 4.69) is 30.3 Å². The highest BCUT2D eigenvalue weighted by molar-refractivity contribution is 6.29. The molecule has 1 aliphatic rings. The zero-order chi connectivity index (χ0) is 16.8. The molecule has 0 heterocycles. The summed E-state index contributed by atoms with van der Waals surface area (Å²) in [5.41, 5.74) is 0.974. The van der Waals surface area contributed by atoms with E-state index < -0.39 is 0 Å². The molecule has 0 bridgehead atoms. The first-order valence-corrected chi connectivity index (χ1v) is 9.66. The summed E-state index contributed by atoms with van der Waals surface area (Å²) in [6.07, 6.45) is 9.03. The SMILES string of the molecule is O=C(CCl)N(CC1CCCCCCC1)c1ccc2ccccc2c1. The monoisotopic (exact) mass is 343 g/mol. The van der Waals surface area contributed by atoms with E-state index in [0.29, 0.717) is 5.92 Å². The number of nitrogens with zero attached hydrogens (tertiary/aromatic N) is 1. The second-order valence-electron chi connectivity index (χ2n) is 6.88. The molecule has 24 heavy (non-hydrogen) atoms. The maximum absolute atomic E-state index is 12.5. The second kappa shape index (κ2) is 8.53. The van der Waals surface area contributed by atoms with Crippen LogP contribution in [0.5, 0.6) is 0 Å². The first-order chi connectivity index (χ1) is 11.8. The number of halogens is 1. The minimum Gasteiger partial charge on any atom is -0.311 e. The minimum atomic E-state index is 0.00834. The predicted octanol–water partition coefficient (Wildman–Crippen LogP) is 5.77. The first kappa shape index (κ1) is 17.3. The third kappa shape index (κ3) is 4.30. The summed E-state index contributed by atoms with van der Waals surface area (Å²) >= 11 is 5.90. The lowest BCUT2D eigenvalue weighted by atomic mass is 9.90. The highest BCUT2D eigenvalue weighted by atomic mass is 35.5. The van der Waals surface area contributed by atoms with Gasteiger partial charge in [-0.15, -0.1) is 11.6 Å². The Morgan fingerprint density at radius 2 is 1.62 bits per heavy atom. The third-order valence-electron chi connectivity index (χ3n) is 5.13. The van der Waals surface area contributed by atoms with Gasteiger partial charge in [-0.1, -0.05) is 62.4 Å². The topological polar surface area (TPSA) is 20.3 Å². The first-order valence-electron chi connectivity index (χ1n) is 9.13. The molecule has 0 radical (unpaired) electrons. The fourth-order valence-corrected chi connectivity index (χ4v) is 3.89. The van der Waals surface area contributed by atoms with Gasteiger partial charge in [-0.05, 0) is 41.7 Å². The minimum absolute atomic E-state index is 0.00834. The summed E-state index contributed by atoms with van der Waals surface area (Å²) in [4.78, 5) is 14.4. The number of rotatable bonds is 4. The van der Waals surface area contributed by atoms with Crippen LogP contribution < -0.4 is 4.90 Å². The van der Waals surface area contributed by atoms with Crippen molar-refractivity contribution in [2.45, 2.75) is 44.9 Å². The predicted molar refractivity (Wildman–Crippen MR) is 103 cm³/mol.